The molecule has 9 heteroatoms. The summed E-state index contributed by atoms with van der Waals surface area (Å²) < 4.78 is 12.3. The molecular formula is C28H26N6O3. The Labute approximate surface area is 213 Å². The van der Waals surface area contributed by atoms with Crippen LogP contribution in [0.3, 0.4) is 0 Å². The molecule has 0 saturated heterocycles. The van der Waals surface area contributed by atoms with Crippen molar-refractivity contribution in [3.63, 3.8) is 0 Å². The summed E-state index contributed by atoms with van der Waals surface area (Å²) in [5.41, 5.74) is 12.2. The third kappa shape index (κ3) is 4.42. The highest BCUT2D eigenvalue weighted by Gasteiger charge is 2.24. The molecular weight excluding hydrogens is 468 g/mol. The van der Waals surface area contributed by atoms with E-state index in [4.69, 9.17) is 25.2 Å². The maximum atomic E-state index is 13.5. The Kier molecular flexibility index (Phi) is 6.19. The first kappa shape index (κ1) is 23.8. The first-order chi connectivity index (χ1) is 17.9. The van der Waals surface area contributed by atoms with Gasteiger partial charge in [-0.3, -0.25) is 4.79 Å². The van der Waals surface area contributed by atoms with Gasteiger partial charge in [0.15, 0.2) is 17.1 Å². The van der Waals surface area contributed by atoms with Crippen molar-refractivity contribution in [2.75, 3.05) is 25.3 Å². The summed E-state index contributed by atoms with van der Waals surface area (Å²) in [7, 11) is 3.12. The summed E-state index contributed by atoms with van der Waals surface area (Å²) in [5.74, 6) is 0.805. The van der Waals surface area contributed by atoms with Crippen LogP contribution < -0.4 is 20.5 Å². The van der Waals surface area contributed by atoms with E-state index in [0.29, 0.717) is 44.9 Å². The van der Waals surface area contributed by atoms with Crippen molar-refractivity contribution in [1.29, 1.82) is 0 Å². The van der Waals surface area contributed by atoms with Gasteiger partial charge in [-0.05, 0) is 61.4 Å². The van der Waals surface area contributed by atoms with E-state index in [1.165, 1.54) is 4.68 Å². The number of hydrogen-bond donors (Lipinski definition) is 2. The molecule has 0 aliphatic carbocycles. The van der Waals surface area contributed by atoms with Crippen molar-refractivity contribution < 1.29 is 14.3 Å². The fourth-order valence-electron chi connectivity index (χ4n) is 4.36. The number of nitrogen functional groups attached to an aromatic ring is 1. The van der Waals surface area contributed by atoms with Crippen molar-refractivity contribution in [3.05, 3.63) is 82.9 Å². The monoisotopic (exact) mass is 494 g/mol. The van der Waals surface area contributed by atoms with Gasteiger partial charge in [-0.1, -0.05) is 24.3 Å². The Bertz CT molecular complexity index is 1670. The van der Waals surface area contributed by atoms with E-state index in [0.717, 1.165) is 11.1 Å². The second kappa shape index (κ2) is 9.62. The summed E-state index contributed by atoms with van der Waals surface area (Å²) in [6, 6.07) is 18.7. The predicted octanol–water partition coefficient (Wildman–Crippen LogP) is 4.94. The predicted molar refractivity (Wildman–Crippen MR) is 146 cm³/mol. The Hall–Kier alpha value is -4.92. The number of fused-ring (bicyclic) bond motifs is 2. The van der Waals surface area contributed by atoms with Gasteiger partial charge >= 0.3 is 0 Å². The molecule has 3 N–H and O–H groups in total. The molecule has 2 heterocycles. The minimum Gasteiger partial charge on any atom is -0.493 e. The van der Waals surface area contributed by atoms with Gasteiger partial charge < -0.3 is 20.5 Å². The smallest absolute Gasteiger partial charge is 0.261 e. The van der Waals surface area contributed by atoms with Crippen LogP contribution in [0.5, 0.6) is 11.5 Å². The summed E-state index contributed by atoms with van der Waals surface area (Å²) in [4.78, 5) is 23.0. The van der Waals surface area contributed by atoms with Crippen LogP contribution >= 0.6 is 0 Å². The molecule has 5 rings (SSSR count). The number of rotatable bonds is 6. The molecule has 0 bridgehead atoms. The molecule has 0 unspecified atom stereocenters. The average molecular weight is 495 g/mol. The van der Waals surface area contributed by atoms with Crippen LogP contribution in [-0.2, 0) is 0 Å². The Balaban J connectivity index is 1.67. The molecule has 186 valence electrons. The molecule has 0 radical (unpaired) electrons. The molecule has 9 nitrogen and oxygen atoms in total. The number of para-hydroxylation sites is 3. The second-order valence-electron chi connectivity index (χ2n) is 8.61. The zero-order chi connectivity index (χ0) is 26.1. The zero-order valence-electron chi connectivity index (χ0n) is 20.9. The first-order valence-electron chi connectivity index (χ1n) is 11.6. The number of aryl methyl sites for hydroxylation is 2. The number of carbonyl (C=O) groups is 1. The summed E-state index contributed by atoms with van der Waals surface area (Å²) in [6.45, 7) is 3.95. The SMILES string of the molecule is COc1cccc(C=Nn2c(N)c(C(=O)Nc3cc(C)cc(C)c3)c3nc4ccccc4nc32)c1OC. The number of benzene rings is 3. The van der Waals surface area contributed by atoms with Crippen LogP contribution in [-0.4, -0.2) is 41.0 Å². The molecule has 37 heavy (non-hydrogen) atoms. The fraction of sp³-hybridized carbons (Fsp3) is 0.143. The quantitative estimate of drug-likeness (QED) is 0.323. The lowest BCUT2D eigenvalue weighted by Crippen LogP contribution is -2.14. The van der Waals surface area contributed by atoms with Crippen LogP contribution in [0.25, 0.3) is 22.2 Å². The maximum absolute atomic E-state index is 13.5. The average Bonchev–Trinajstić information content (AvgIpc) is 3.14. The molecule has 0 atom stereocenters. The molecule has 5 aromatic rings. The normalized spacial score (nSPS) is 11.4. The van der Waals surface area contributed by atoms with Crippen LogP contribution in [0.4, 0.5) is 11.5 Å². The molecule has 0 aliphatic heterocycles. The van der Waals surface area contributed by atoms with Crippen LogP contribution in [0.2, 0.25) is 0 Å². The second-order valence-corrected chi connectivity index (χ2v) is 8.61. The Morgan fingerprint density at radius 1 is 0.973 bits per heavy atom. The molecule has 2 aromatic heterocycles. The highest BCUT2D eigenvalue weighted by Crippen LogP contribution is 2.31. The van der Waals surface area contributed by atoms with Gasteiger partial charge in [-0.2, -0.15) is 9.78 Å². The number of methoxy groups -OCH3 is 2. The van der Waals surface area contributed by atoms with Crippen molar-refractivity contribution in [2.45, 2.75) is 13.8 Å². The molecule has 0 fully saturated rings. The van der Waals surface area contributed by atoms with Crippen molar-refractivity contribution >= 4 is 45.8 Å². The minimum absolute atomic E-state index is 0.116. The number of nitrogens with two attached hydrogens (primary N) is 1. The zero-order valence-corrected chi connectivity index (χ0v) is 20.9. The number of anilines is 2. The van der Waals surface area contributed by atoms with Gasteiger partial charge in [0.2, 0.25) is 0 Å². The summed E-state index contributed by atoms with van der Waals surface area (Å²) >= 11 is 0. The number of nitrogens with one attached hydrogen (secondary N) is 1. The Morgan fingerprint density at radius 2 is 1.68 bits per heavy atom. The Morgan fingerprint density at radius 3 is 2.35 bits per heavy atom. The standard InChI is InChI=1S/C28H26N6O3/c1-16-12-17(2)14-19(13-16)31-28(35)23-24-27(33-21-10-6-5-9-20(21)32-24)34(26(23)29)30-15-18-8-7-11-22(36-3)25(18)37-4/h5-15H,29H2,1-4H3,(H,31,35). The third-order valence-corrected chi connectivity index (χ3v) is 5.93. The van der Waals surface area contributed by atoms with Gasteiger partial charge in [0.1, 0.15) is 16.9 Å². The molecule has 3 aromatic carbocycles. The lowest BCUT2D eigenvalue weighted by molar-refractivity contribution is 0.102. The minimum atomic E-state index is -0.398. The van der Waals surface area contributed by atoms with Gasteiger partial charge in [0, 0.05) is 11.3 Å². The lowest BCUT2D eigenvalue weighted by Gasteiger charge is -2.09. The number of nitrogens with zero attached hydrogens (tertiary/aromatic N) is 4. The van der Waals surface area contributed by atoms with Crippen LogP contribution in [0.1, 0.15) is 27.0 Å². The van der Waals surface area contributed by atoms with Gasteiger partial charge in [0.05, 0.1) is 31.5 Å². The third-order valence-electron chi connectivity index (χ3n) is 5.93. The number of aromatic nitrogens is 3. The van der Waals surface area contributed by atoms with Crippen molar-refractivity contribution in [2.24, 2.45) is 5.10 Å². The van der Waals surface area contributed by atoms with Crippen molar-refractivity contribution in [1.82, 2.24) is 14.6 Å². The number of carbonyl (C=O) groups excluding carboxylic acids is 1. The maximum Gasteiger partial charge on any atom is 0.261 e. The highest BCUT2D eigenvalue weighted by molar-refractivity contribution is 6.16. The molecule has 1 amide bonds. The number of hydrogen-bond acceptors (Lipinski definition) is 7. The van der Waals surface area contributed by atoms with Crippen LogP contribution in [0.15, 0.2) is 65.8 Å². The molecule has 0 saturated carbocycles. The van der Waals surface area contributed by atoms with Crippen LogP contribution in [0, 0.1) is 13.8 Å². The number of amides is 1. The van der Waals surface area contributed by atoms with E-state index in [9.17, 15) is 4.79 Å². The van der Waals surface area contributed by atoms with E-state index in [2.05, 4.69) is 10.4 Å². The topological polar surface area (TPSA) is 117 Å². The van der Waals surface area contributed by atoms with Gasteiger partial charge in [-0.25, -0.2) is 9.97 Å². The molecule has 0 spiro atoms. The summed E-state index contributed by atoms with van der Waals surface area (Å²) in [5, 5.41) is 7.53. The fourth-order valence-corrected chi connectivity index (χ4v) is 4.36. The van der Waals surface area contributed by atoms with Gasteiger partial charge in [-0.15, -0.1) is 0 Å². The van der Waals surface area contributed by atoms with E-state index >= 15 is 0 Å². The first-order valence-corrected chi connectivity index (χ1v) is 11.6. The van der Waals surface area contributed by atoms with E-state index in [1.807, 2.05) is 68.4 Å². The van der Waals surface area contributed by atoms with E-state index in [-0.39, 0.29) is 11.4 Å². The van der Waals surface area contributed by atoms with E-state index < -0.39 is 5.91 Å². The largest absolute Gasteiger partial charge is 0.493 e. The highest BCUT2D eigenvalue weighted by atomic mass is 16.5. The number of ether oxygens (including phenoxy) is 2. The summed E-state index contributed by atoms with van der Waals surface area (Å²) in [6.07, 6.45) is 1.58. The van der Waals surface area contributed by atoms with E-state index in [1.54, 1.807) is 26.5 Å². The molecule has 0 aliphatic rings. The van der Waals surface area contributed by atoms with Crippen molar-refractivity contribution in [3.8, 4) is 11.5 Å². The lowest BCUT2D eigenvalue weighted by atomic mass is 10.1. The van der Waals surface area contributed by atoms with Gasteiger partial charge in [0.25, 0.3) is 5.91 Å².